The lowest BCUT2D eigenvalue weighted by Crippen LogP contribution is -2.39. The molecule has 7 nitrogen and oxygen atoms in total. The second-order valence-corrected chi connectivity index (χ2v) is 5.78. The Hall–Kier alpha value is -3.60. The summed E-state index contributed by atoms with van der Waals surface area (Å²) in [7, 11) is 1.13. The minimum Gasteiger partial charge on any atom is -0.468 e. The number of methoxy groups -OCH3 is 1. The van der Waals surface area contributed by atoms with Crippen LogP contribution in [0.25, 0.3) is 0 Å². The molecule has 0 heterocycles. The fourth-order valence-corrected chi connectivity index (χ4v) is 3.38. The number of hydrogen-bond acceptors (Lipinski definition) is 6. The molecule has 2 unspecified atom stereocenters. The number of nitro groups is 1. The molecule has 1 N–H and O–H groups in total. The van der Waals surface area contributed by atoms with E-state index >= 15 is 0 Å². The van der Waals surface area contributed by atoms with Crippen LogP contribution in [0.3, 0.4) is 0 Å². The minimum atomic E-state index is -1.64. The van der Waals surface area contributed by atoms with Crippen molar-refractivity contribution in [1.29, 1.82) is 10.7 Å². The molecule has 26 heavy (non-hydrogen) atoms. The number of fused-ring (bicyclic) bond motifs is 1. The number of nitrogens with one attached hydrogen (secondary N) is 1. The van der Waals surface area contributed by atoms with Crippen molar-refractivity contribution in [2.24, 2.45) is 5.92 Å². The number of nitro benzene ring substituents is 1. The van der Waals surface area contributed by atoms with Gasteiger partial charge in [-0.15, -0.1) is 0 Å². The number of nitrogens with zero attached hydrogens (tertiary/aromatic N) is 2. The molecule has 8 heteroatoms. The van der Waals surface area contributed by atoms with Crippen molar-refractivity contribution in [3.8, 4) is 6.07 Å². The van der Waals surface area contributed by atoms with E-state index < -0.39 is 28.0 Å². The average Bonchev–Trinajstić information content (AvgIpc) is 2.90. The first-order chi connectivity index (χ1) is 12.4. The molecule has 0 fully saturated rings. The van der Waals surface area contributed by atoms with Crippen molar-refractivity contribution in [2.45, 2.75) is 5.41 Å². The zero-order valence-electron chi connectivity index (χ0n) is 13.5. The van der Waals surface area contributed by atoms with E-state index in [2.05, 4.69) is 6.07 Å². The SMILES string of the molecule is COC(=O)C1C(=N)c2cc([N+](=O)[O-])ccc2C1(C#N)c1ccc(F)cc1. The number of ether oxygens (including phenoxy) is 1. The number of hydrogen-bond donors (Lipinski definition) is 1. The molecule has 0 bridgehead atoms. The maximum absolute atomic E-state index is 13.3. The van der Waals surface area contributed by atoms with Crippen molar-refractivity contribution in [1.82, 2.24) is 0 Å². The third-order valence-electron chi connectivity index (χ3n) is 4.56. The number of non-ortho nitro benzene ring substituents is 1. The maximum Gasteiger partial charge on any atom is 0.317 e. The smallest absolute Gasteiger partial charge is 0.317 e. The van der Waals surface area contributed by atoms with E-state index in [4.69, 9.17) is 10.1 Å². The van der Waals surface area contributed by atoms with Crippen LogP contribution in [0.5, 0.6) is 0 Å². The summed E-state index contributed by atoms with van der Waals surface area (Å²) in [6, 6.07) is 10.8. The number of rotatable bonds is 3. The number of carbonyl (C=O) groups is 1. The molecular formula is C18H12FN3O4. The van der Waals surface area contributed by atoms with Crippen molar-refractivity contribution in [3.05, 3.63) is 75.1 Å². The molecule has 0 saturated heterocycles. The van der Waals surface area contributed by atoms with Crippen molar-refractivity contribution in [3.63, 3.8) is 0 Å². The highest BCUT2D eigenvalue weighted by molar-refractivity contribution is 6.17. The lowest BCUT2D eigenvalue weighted by molar-refractivity contribution is -0.384. The van der Waals surface area contributed by atoms with Crippen LogP contribution >= 0.6 is 0 Å². The van der Waals surface area contributed by atoms with Gasteiger partial charge in [-0.2, -0.15) is 5.26 Å². The van der Waals surface area contributed by atoms with Gasteiger partial charge in [0.05, 0.1) is 23.8 Å². The Bertz CT molecular complexity index is 981. The van der Waals surface area contributed by atoms with Gasteiger partial charge in [0, 0.05) is 17.7 Å². The average molecular weight is 353 g/mol. The molecule has 2 aromatic rings. The minimum absolute atomic E-state index is 0.125. The normalized spacial score (nSPS) is 21.0. The van der Waals surface area contributed by atoms with Crippen LogP contribution in [0.1, 0.15) is 16.7 Å². The second-order valence-electron chi connectivity index (χ2n) is 5.78. The van der Waals surface area contributed by atoms with Crippen LogP contribution in [0.4, 0.5) is 10.1 Å². The first kappa shape index (κ1) is 17.2. The second kappa shape index (κ2) is 6.04. The maximum atomic E-state index is 13.3. The van der Waals surface area contributed by atoms with Gasteiger partial charge in [-0.05, 0) is 29.3 Å². The van der Waals surface area contributed by atoms with E-state index in [-0.39, 0.29) is 22.5 Å². The lowest BCUT2D eigenvalue weighted by Gasteiger charge is -2.28. The van der Waals surface area contributed by atoms with Gasteiger partial charge in [0.25, 0.3) is 5.69 Å². The summed E-state index contributed by atoms with van der Waals surface area (Å²) in [4.78, 5) is 22.8. The predicted octanol–water partition coefficient (Wildman–Crippen LogP) is 2.71. The number of esters is 1. The summed E-state index contributed by atoms with van der Waals surface area (Å²) < 4.78 is 18.1. The summed E-state index contributed by atoms with van der Waals surface area (Å²) in [5.74, 6) is -2.66. The largest absolute Gasteiger partial charge is 0.468 e. The van der Waals surface area contributed by atoms with E-state index in [0.717, 1.165) is 25.3 Å². The third-order valence-corrected chi connectivity index (χ3v) is 4.56. The van der Waals surface area contributed by atoms with Gasteiger partial charge in [0.15, 0.2) is 0 Å². The van der Waals surface area contributed by atoms with Gasteiger partial charge >= 0.3 is 5.97 Å². The van der Waals surface area contributed by atoms with Crippen molar-refractivity contribution >= 4 is 17.4 Å². The Morgan fingerprint density at radius 2 is 2.00 bits per heavy atom. The molecule has 0 aliphatic heterocycles. The number of benzene rings is 2. The fourth-order valence-electron chi connectivity index (χ4n) is 3.38. The van der Waals surface area contributed by atoms with Gasteiger partial charge < -0.3 is 10.1 Å². The molecule has 1 aliphatic carbocycles. The fraction of sp³-hybridized carbons (Fsp3) is 0.167. The van der Waals surface area contributed by atoms with Crippen LogP contribution in [-0.2, 0) is 14.9 Å². The van der Waals surface area contributed by atoms with E-state index in [1.54, 1.807) is 0 Å². The lowest BCUT2D eigenvalue weighted by atomic mass is 9.70. The van der Waals surface area contributed by atoms with Gasteiger partial charge in [-0.3, -0.25) is 14.9 Å². The van der Waals surface area contributed by atoms with Crippen LogP contribution < -0.4 is 0 Å². The Morgan fingerprint density at radius 3 is 2.54 bits per heavy atom. The van der Waals surface area contributed by atoms with E-state index in [1.165, 1.54) is 24.3 Å². The van der Waals surface area contributed by atoms with Crippen LogP contribution in [0.2, 0.25) is 0 Å². The predicted molar refractivity (Wildman–Crippen MR) is 88.2 cm³/mol. The summed E-state index contributed by atoms with van der Waals surface area (Å²) in [6.45, 7) is 0. The zero-order valence-corrected chi connectivity index (χ0v) is 13.5. The van der Waals surface area contributed by atoms with Crippen LogP contribution in [0, 0.1) is 38.6 Å². The Morgan fingerprint density at radius 1 is 1.35 bits per heavy atom. The highest BCUT2D eigenvalue weighted by Gasteiger charge is 2.56. The molecule has 0 radical (unpaired) electrons. The Labute approximate surface area is 147 Å². The van der Waals surface area contributed by atoms with E-state index in [9.17, 15) is 24.6 Å². The number of nitriles is 1. The first-order valence-corrected chi connectivity index (χ1v) is 7.49. The quantitative estimate of drug-likeness (QED) is 0.517. The monoisotopic (exact) mass is 353 g/mol. The summed E-state index contributed by atoms with van der Waals surface area (Å²) in [6.07, 6.45) is 0. The van der Waals surface area contributed by atoms with E-state index in [1.807, 2.05) is 0 Å². The number of carbonyl (C=O) groups excluding carboxylic acids is 1. The Balaban J connectivity index is 2.35. The standard InChI is InChI=1S/C18H12FN3O4/c1-26-17(23)15-16(21)13-8-12(22(24)25)6-7-14(13)18(15,9-20)10-2-4-11(19)5-3-10/h2-8,15,21H,1H3. The first-order valence-electron chi connectivity index (χ1n) is 7.49. The van der Waals surface area contributed by atoms with Gasteiger partial charge in [0.1, 0.15) is 17.2 Å². The summed E-state index contributed by atoms with van der Waals surface area (Å²) in [5, 5.41) is 29.4. The highest BCUT2D eigenvalue weighted by atomic mass is 19.1. The molecule has 130 valence electrons. The van der Waals surface area contributed by atoms with Crippen LogP contribution in [0.15, 0.2) is 42.5 Å². The van der Waals surface area contributed by atoms with Crippen molar-refractivity contribution < 1.29 is 18.8 Å². The van der Waals surface area contributed by atoms with Gasteiger partial charge in [0.2, 0.25) is 0 Å². The number of halogens is 1. The van der Waals surface area contributed by atoms with Crippen LogP contribution in [-0.4, -0.2) is 23.7 Å². The molecule has 0 saturated carbocycles. The third kappa shape index (κ3) is 2.25. The molecule has 1 aliphatic rings. The molecule has 0 amide bonds. The molecule has 0 aromatic heterocycles. The van der Waals surface area contributed by atoms with Crippen molar-refractivity contribution in [2.75, 3.05) is 7.11 Å². The summed E-state index contributed by atoms with van der Waals surface area (Å²) >= 11 is 0. The topological polar surface area (TPSA) is 117 Å². The molecule has 2 aromatic carbocycles. The summed E-state index contributed by atoms with van der Waals surface area (Å²) in [5.41, 5.74) is -1.44. The van der Waals surface area contributed by atoms with Gasteiger partial charge in [-0.25, -0.2) is 4.39 Å². The molecular weight excluding hydrogens is 341 g/mol. The van der Waals surface area contributed by atoms with E-state index in [0.29, 0.717) is 5.56 Å². The molecule has 2 atom stereocenters. The Kier molecular flexibility index (Phi) is 4.00. The molecule has 3 rings (SSSR count). The van der Waals surface area contributed by atoms with Gasteiger partial charge in [-0.1, -0.05) is 12.1 Å². The zero-order chi connectivity index (χ0) is 19.1. The molecule has 0 spiro atoms. The highest BCUT2D eigenvalue weighted by Crippen LogP contribution is 2.49.